The predicted octanol–water partition coefficient (Wildman–Crippen LogP) is 1.90. The summed E-state index contributed by atoms with van der Waals surface area (Å²) in [6.07, 6.45) is 0.116. The third-order valence-electron chi connectivity index (χ3n) is 4.45. The lowest BCUT2D eigenvalue weighted by Crippen LogP contribution is -2.36. The van der Waals surface area contributed by atoms with E-state index in [1.54, 1.807) is 13.1 Å². The second-order valence-electron chi connectivity index (χ2n) is 6.89. The topological polar surface area (TPSA) is 67.2 Å². The predicted molar refractivity (Wildman–Crippen MR) is 107 cm³/mol. The maximum Gasteiger partial charge on any atom is 0.274 e. The van der Waals surface area contributed by atoms with Gasteiger partial charge in [0, 0.05) is 19.0 Å². The van der Waals surface area contributed by atoms with Crippen LogP contribution in [0.25, 0.3) is 10.8 Å². The van der Waals surface area contributed by atoms with Crippen LogP contribution in [0.4, 0.5) is 0 Å². The van der Waals surface area contributed by atoms with Crippen molar-refractivity contribution in [3.05, 3.63) is 76.2 Å². The minimum Gasteiger partial charge on any atom is -0.348 e. The van der Waals surface area contributed by atoms with Crippen LogP contribution in [0.2, 0.25) is 0 Å². The number of nitrogens with zero attached hydrogens (tertiary/aromatic N) is 3. The highest BCUT2D eigenvalue weighted by Gasteiger charge is 2.18. The molecular formula is C21H24N4O2. The number of carbonyl (C=O) groups is 1. The van der Waals surface area contributed by atoms with Crippen molar-refractivity contribution in [1.29, 1.82) is 0 Å². The molecule has 0 aliphatic heterocycles. The number of likely N-dealkylation sites (N-methyl/N-ethyl adjacent to an activating group) is 1. The number of aromatic nitrogens is 2. The normalized spacial score (nSPS) is 12.3. The van der Waals surface area contributed by atoms with E-state index in [9.17, 15) is 9.59 Å². The molecule has 0 saturated carbocycles. The molecule has 0 radical (unpaired) electrons. The van der Waals surface area contributed by atoms with E-state index in [-0.39, 0.29) is 23.9 Å². The largest absolute Gasteiger partial charge is 0.348 e. The molecule has 3 aromatic rings. The summed E-state index contributed by atoms with van der Waals surface area (Å²) < 4.78 is 1.29. The summed E-state index contributed by atoms with van der Waals surface area (Å²) in [4.78, 5) is 27.0. The second kappa shape index (κ2) is 8.14. The summed E-state index contributed by atoms with van der Waals surface area (Å²) in [6, 6.07) is 17.0. The standard InChI is InChI=1S/C21H24N4O2/c1-24(2)14-19(15-9-5-4-6-10-15)22-20(26)13-18-16-11-7-8-12-17(16)21(27)25(3)23-18/h4-12,19H,13-14H2,1-3H3,(H,22,26)/t19-/m1/s1. The molecule has 2 aromatic carbocycles. The van der Waals surface area contributed by atoms with Gasteiger partial charge in [-0.25, -0.2) is 4.68 Å². The molecule has 1 aromatic heterocycles. The Balaban J connectivity index is 1.85. The third kappa shape index (κ3) is 4.41. The molecule has 0 saturated heterocycles. The van der Waals surface area contributed by atoms with E-state index in [1.165, 1.54) is 4.68 Å². The van der Waals surface area contributed by atoms with E-state index < -0.39 is 0 Å². The summed E-state index contributed by atoms with van der Waals surface area (Å²) in [6.45, 7) is 0.692. The molecule has 1 N–H and O–H groups in total. The smallest absolute Gasteiger partial charge is 0.274 e. The van der Waals surface area contributed by atoms with Crippen molar-refractivity contribution in [3.8, 4) is 0 Å². The molecule has 3 rings (SSSR count). The highest BCUT2D eigenvalue weighted by atomic mass is 16.2. The zero-order chi connectivity index (χ0) is 19.4. The first-order valence-electron chi connectivity index (χ1n) is 8.89. The first-order valence-corrected chi connectivity index (χ1v) is 8.89. The molecule has 6 heteroatoms. The Morgan fingerprint density at radius 1 is 1.07 bits per heavy atom. The summed E-state index contributed by atoms with van der Waals surface area (Å²) in [7, 11) is 5.56. The van der Waals surface area contributed by atoms with Crippen molar-refractivity contribution < 1.29 is 4.79 Å². The highest BCUT2D eigenvalue weighted by molar-refractivity contribution is 5.88. The molecule has 27 heavy (non-hydrogen) atoms. The van der Waals surface area contributed by atoms with E-state index in [0.29, 0.717) is 17.6 Å². The van der Waals surface area contributed by atoms with Gasteiger partial charge in [0.15, 0.2) is 0 Å². The lowest BCUT2D eigenvalue weighted by atomic mass is 10.1. The zero-order valence-corrected chi connectivity index (χ0v) is 15.8. The van der Waals surface area contributed by atoms with Gasteiger partial charge in [0.05, 0.1) is 23.5 Å². The maximum absolute atomic E-state index is 12.8. The molecule has 0 fully saturated rings. The van der Waals surface area contributed by atoms with Crippen LogP contribution in [0.15, 0.2) is 59.4 Å². The highest BCUT2D eigenvalue weighted by Crippen LogP contribution is 2.16. The van der Waals surface area contributed by atoms with Gasteiger partial charge in [0.25, 0.3) is 5.56 Å². The molecule has 0 spiro atoms. The van der Waals surface area contributed by atoms with Gasteiger partial charge < -0.3 is 10.2 Å². The maximum atomic E-state index is 12.8. The first-order chi connectivity index (χ1) is 13.0. The molecule has 1 atom stereocenters. The van der Waals surface area contributed by atoms with Crippen LogP contribution in [-0.2, 0) is 18.3 Å². The summed E-state index contributed by atoms with van der Waals surface area (Å²) >= 11 is 0. The van der Waals surface area contributed by atoms with Crippen molar-refractivity contribution in [2.24, 2.45) is 7.05 Å². The first kappa shape index (κ1) is 18.8. The Morgan fingerprint density at radius 2 is 1.70 bits per heavy atom. The number of rotatable bonds is 6. The lowest BCUT2D eigenvalue weighted by molar-refractivity contribution is -0.121. The molecule has 0 unspecified atom stereocenters. The molecule has 1 amide bonds. The monoisotopic (exact) mass is 364 g/mol. The summed E-state index contributed by atoms with van der Waals surface area (Å²) in [5, 5.41) is 8.72. The van der Waals surface area contributed by atoms with Gasteiger partial charge >= 0.3 is 0 Å². The number of aryl methyl sites for hydroxylation is 1. The van der Waals surface area contributed by atoms with Crippen LogP contribution in [0.1, 0.15) is 17.3 Å². The number of hydrogen-bond acceptors (Lipinski definition) is 4. The molecular weight excluding hydrogens is 340 g/mol. The fraction of sp³-hybridized carbons (Fsp3) is 0.286. The van der Waals surface area contributed by atoms with Crippen LogP contribution in [0.3, 0.4) is 0 Å². The number of fused-ring (bicyclic) bond motifs is 1. The Hall–Kier alpha value is -2.99. The number of amides is 1. The average molecular weight is 364 g/mol. The van der Waals surface area contributed by atoms with Gasteiger partial charge in [-0.15, -0.1) is 0 Å². The fourth-order valence-corrected chi connectivity index (χ4v) is 3.19. The van der Waals surface area contributed by atoms with Gasteiger partial charge in [-0.1, -0.05) is 48.5 Å². The Labute approximate surface area is 158 Å². The number of nitrogens with one attached hydrogen (secondary N) is 1. The van der Waals surface area contributed by atoms with Gasteiger partial charge in [0.2, 0.25) is 5.91 Å². The average Bonchev–Trinajstić information content (AvgIpc) is 2.66. The molecule has 1 heterocycles. The molecule has 0 aliphatic rings. The minimum atomic E-state index is -0.162. The Bertz CT molecular complexity index is 996. The Kier molecular flexibility index (Phi) is 5.66. The van der Waals surface area contributed by atoms with Crippen molar-refractivity contribution in [2.75, 3.05) is 20.6 Å². The van der Waals surface area contributed by atoms with Crippen LogP contribution in [0.5, 0.6) is 0 Å². The fourth-order valence-electron chi connectivity index (χ4n) is 3.19. The van der Waals surface area contributed by atoms with Crippen molar-refractivity contribution in [2.45, 2.75) is 12.5 Å². The number of hydrogen-bond donors (Lipinski definition) is 1. The van der Waals surface area contributed by atoms with Gasteiger partial charge in [0.1, 0.15) is 0 Å². The van der Waals surface area contributed by atoms with Gasteiger partial charge in [-0.2, -0.15) is 5.10 Å². The Morgan fingerprint density at radius 3 is 2.37 bits per heavy atom. The van der Waals surface area contributed by atoms with Gasteiger partial charge in [-0.3, -0.25) is 9.59 Å². The molecule has 0 bridgehead atoms. The SMILES string of the molecule is CN(C)C[C@@H](NC(=O)Cc1nn(C)c(=O)c2ccccc12)c1ccccc1. The second-order valence-corrected chi connectivity index (χ2v) is 6.89. The molecule has 0 aliphatic carbocycles. The van der Waals surface area contributed by atoms with Crippen LogP contribution < -0.4 is 10.9 Å². The quantitative estimate of drug-likeness (QED) is 0.725. The lowest BCUT2D eigenvalue weighted by Gasteiger charge is -2.23. The van der Waals surface area contributed by atoms with E-state index in [4.69, 9.17) is 0 Å². The summed E-state index contributed by atoms with van der Waals surface area (Å²) in [5.74, 6) is -0.123. The van der Waals surface area contributed by atoms with Crippen molar-refractivity contribution >= 4 is 16.7 Å². The minimum absolute atomic E-state index is 0.116. The van der Waals surface area contributed by atoms with Crippen LogP contribution in [-0.4, -0.2) is 41.2 Å². The zero-order valence-electron chi connectivity index (χ0n) is 15.8. The number of carbonyl (C=O) groups excluding carboxylic acids is 1. The van der Waals surface area contributed by atoms with E-state index >= 15 is 0 Å². The van der Waals surface area contributed by atoms with Crippen LogP contribution in [0, 0.1) is 0 Å². The van der Waals surface area contributed by atoms with Crippen molar-refractivity contribution in [3.63, 3.8) is 0 Å². The van der Waals surface area contributed by atoms with Crippen LogP contribution >= 0.6 is 0 Å². The summed E-state index contributed by atoms with van der Waals surface area (Å²) in [5.41, 5.74) is 1.49. The van der Waals surface area contributed by atoms with Crippen molar-refractivity contribution in [1.82, 2.24) is 20.0 Å². The van der Waals surface area contributed by atoms with E-state index in [1.807, 2.05) is 67.5 Å². The molecule has 6 nitrogen and oxygen atoms in total. The number of benzene rings is 2. The molecule has 140 valence electrons. The van der Waals surface area contributed by atoms with E-state index in [0.717, 1.165) is 10.9 Å². The third-order valence-corrected chi connectivity index (χ3v) is 4.45. The van der Waals surface area contributed by atoms with Gasteiger partial charge in [-0.05, 0) is 25.7 Å². The van der Waals surface area contributed by atoms with E-state index in [2.05, 4.69) is 10.4 Å².